The van der Waals surface area contributed by atoms with Crippen molar-refractivity contribution in [2.24, 2.45) is 11.1 Å². The van der Waals surface area contributed by atoms with Crippen molar-refractivity contribution in [3.05, 3.63) is 23.5 Å². The van der Waals surface area contributed by atoms with Crippen molar-refractivity contribution in [1.82, 2.24) is 0 Å². The van der Waals surface area contributed by atoms with Crippen LogP contribution in [0.15, 0.2) is 12.1 Å². The van der Waals surface area contributed by atoms with Crippen LogP contribution in [-0.4, -0.2) is 12.5 Å². The number of carbonyl (C=O) groups excluding carboxylic acids is 1. The number of nitrogen functional groups attached to an aromatic ring is 1. The van der Waals surface area contributed by atoms with E-state index in [1.807, 2.05) is 0 Å². The lowest BCUT2D eigenvalue weighted by molar-refractivity contribution is 0.100. The topological polar surface area (TPSA) is 81.1 Å². The molecule has 1 aromatic rings. The third kappa shape index (κ3) is 3.91. The Bertz CT molecular complexity index is 452. The molecule has 0 unspecified atom stereocenters. The van der Waals surface area contributed by atoms with E-state index in [0.29, 0.717) is 6.54 Å². The molecule has 0 bridgehead atoms. The third-order valence-electron chi connectivity index (χ3n) is 2.60. The van der Waals surface area contributed by atoms with Gasteiger partial charge in [-0.15, -0.1) is 0 Å². The minimum Gasteiger partial charge on any atom is -0.398 e. The van der Waals surface area contributed by atoms with Crippen LogP contribution in [0.1, 0.15) is 37.6 Å². The predicted octanol–water partition coefficient (Wildman–Crippen LogP) is 2.35. The standard InChI is InChI=1S/C13H20FN3O/c1-13(2,3)4-5-17-11-6-8(12(16)18)10(15)7-9(11)14/h6-7,17H,4-5,15H2,1-3H3,(H2,16,18). The van der Waals surface area contributed by atoms with Crippen LogP contribution in [0.4, 0.5) is 15.8 Å². The highest BCUT2D eigenvalue weighted by Gasteiger charge is 2.13. The van der Waals surface area contributed by atoms with E-state index >= 15 is 0 Å². The smallest absolute Gasteiger partial charge is 0.250 e. The number of primary amides is 1. The molecule has 1 aromatic carbocycles. The Morgan fingerprint density at radius 1 is 1.39 bits per heavy atom. The van der Waals surface area contributed by atoms with E-state index in [-0.39, 0.29) is 22.4 Å². The second-order valence-electron chi connectivity index (χ2n) is 5.52. The van der Waals surface area contributed by atoms with Crippen molar-refractivity contribution < 1.29 is 9.18 Å². The third-order valence-corrected chi connectivity index (χ3v) is 2.60. The average Bonchev–Trinajstić information content (AvgIpc) is 2.18. The molecule has 18 heavy (non-hydrogen) atoms. The van der Waals surface area contributed by atoms with Gasteiger partial charge in [-0.2, -0.15) is 0 Å². The fourth-order valence-electron chi connectivity index (χ4n) is 1.51. The molecule has 0 saturated carbocycles. The van der Waals surface area contributed by atoms with Crippen LogP contribution in [0.25, 0.3) is 0 Å². The van der Waals surface area contributed by atoms with E-state index in [4.69, 9.17) is 11.5 Å². The molecule has 4 nitrogen and oxygen atoms in total. The second-order valence-corrected chi connectivity index (χ2v) is 5.52. The van der Waals surface area contributed by atoms with E-state index in [9.17, 15) is 9.18 Å². The molecule has 1 rings (SSSR count). The Kier molecular flexibility index (Phi) is 4.16. The highest BCUT2D eigenvalue weighted by molar-refractivity contribution is 5.99. The molecule has 0 fully saturated rings. The van der Waals surface area contributed by atoms with Crippen molar-refractivity contribution in [2.75, 3.05) is 17.6 Å². The Morgan fingerprint density at radius 2 is 2.00 bits per heavy atom. The van der Waals surface area contributed by atoms with Crippen LogP contribution in [0, 0.1) is 11.2 Å². The first-order valence-corrected chi connectivity index (χ1v) is 5.83. The van der Waals surface area contributed by atoms with Crippen LogP contribution in [-0.2, 0) is 0 Å². The van der Waals surface area contributed by atoms with Gasteiger partial charge in [0.15, 0.2) is 0 Å². The van der Waals surface area contributed by atoms with Gasteiger partial charge in [0.1, 0.15) is 5.82 Å². The number of carbonyl (C=O) groups is 1. The molecular weight excluding hydrogens is 233 g/mol. The maximum atomic E-state index is 13.6. The quantitative estimate of drug-likeness (QED) is 0.720. The molecule has 100 valence electrons. The molecule has 1 amide bonds. The molecule has 0 aromatic heterocycles. The summed E-state index contributed by atoms with van der Waals surface area (Å²) in [4.78, 5) is 11.1. The van der Waals surface area contributed by atoms with Gasteiger partial charge < -0.3 is 16.8 Å². The zero-order valence-corrected chi connectivity index (χ0v) is 11.0. The normalized spacial score (nSPS) is 11.3. The number of amides is 1. The van der Waals surface area contributed by atoms with Crippen LogP contribution in [0.2, 0.25) is 0 Å². The number of nitrogens with one attached hydrogen (secondary N) is 1. The van der Waals surface area contributed by atoms with Gasteiger partial charge in [-0.25, -0.2) is 4.39 Å². The first-order chi connectivity index (χ1) is 8.20. The lowest BCUT2D eigenvalue weighted by Gasteiger charge is -2.19. The van der Waals surface area contributed by atoms with Gasteiger partial charge in [-0.05, 0) is 24.0 Å². The van der Waals surface area contributed by atoms with Crippen molar-refractivity contribution in [3.8, 4) is 0 Å². The number of benzene rings is 1. The molecule has 0 atom stereocenters. The maximum Gasteiger partial charge on any atom is 0.250 e. The molecular formula is C13H20FN3O. The number of halogens is 1. The summed E-state index contributed by atoms with van der Waals surface area (Å²) in [6.07, 6.45) is 0.878. The van der Waals surface area contributed by atoms with Crippen molar-refractivity contribution >= 4 is 17.3 Å². The molecule has 5 heteroatoms. The summed E-state index contributed by atoms with van der Waals surface area (Å²) in [6, 6.07) is 2.47. The lowest BCUT2D eigenvalue weighted by Crippen LogP contribution is -2.16. The van der Waals surface area contributed by atoms with E-state index in [0.717, 1.165) is 12.5 Å². The number of rotatable bonds is 4. The maximum absolute atomic E-state index is 13.6. The summed E-state index contributed by atoms with van der Waals surface area (Å²) in [5, 5.41) is 2.95. The fourth-order valence-corrected chi connectivity index (χ4v) is 1.51. The molecule has 0 saturated heterocycles. The van der Waals surface area contributed by atoms with Crippen molar-refractivity contribution in [2.45, 2.75) is 27.2 Å². The Balaban J connectivity index is 2.83. The van der Waals surface area contributed by atoms with E-state index < -0.39 is 11.7 Å². The van der Waals surface area contributed by atoms with Crippen LogP contribution in [0.3, 0.4) is 0 Å². The zero-order valence-electron chi connectivity index (χ0n) is 11.0. The summed E-state index contributed by atoms with van der Waals surface area (Å²) in [7, 11) is 0. The number of nitrogens with two attached hydrogens (primary N) is 2. The first-order valence-electron chi connectivity index (χ1n) is 5.83. The monoisotopic (exact) mass is 253 g/mol. The minimum atomic E-state index is -0.661. The van der Waals surface area contributed by atoms with E-state index in [1.54, 1.807) is 0 Å². The van der Waals surface area contributed by atoms with Crippen LogP contribution < -0.4 is 16.8 Å². The summed E-state index contributed by atoms with van der Waals surface area (Å²) in [5.74, 6) is -1.14. The van der Waals surface area contributed by atoms with Crippen molar-refractivity contribution in [1.29, 1.82) is 0 Å². The van der Waals surface area contributed by atoms with Gasteiger partial charge in [0.2, 0.25) is 0 Å². The molecule has 0 aliphatic rings. The molecule has 0 heterocycles. The SMILES string of the molecule is CC(C)(C)CCNc1cc(C(N)=O)c(N)cc1F. The number of anilines is 2. The molecule has 0 aliphatic carbocycles. The Hall–Kier alpha value is -1.78. The largest absolute Gasteiger partial charge is 0.398 e. The Morgan fingerprint density at radius 3 is 2.50 bits per heavy atom. The summed E-state index contributed by atoms with van der Waals surface area (Å²) < 4.78 is 13.6. The average molecular weight is 253 g/mol. The number of hydrogen-bond donors (Lipinski definition) is 3. The molecule has 0 radical (unpaired) electrons. The molecule has 5 N–H and O–H groups in total. The second kappa shape index (κ2) is 5.25. The van der Waals surface area contributed by atoms with Crippen LogP contribution >= 0.6 is 0 Å². The van der Waals surface area contributed by atoms with E-state index in [1.165, 1.54) is 6.07 Å². The van der Waals surface area contributed by atoms with Crippen LogP contribution in [0.5, 0.6) is 0 Å². The van der Waals surface area contributed by atoms with Gasteiger partial charge in [-0.1, -0.05) is 20.8 Å². The summed E-state index contributed by atoms with van der Waals surface area (Å²) in [6.45, 7) is 6.91. The minimum absolute atomic E-state index is 0.0568. The zero-order chi connectivity index (χ0) is 13.9. The fraction of sp³-hybridized carbons (Fsp3) is 0.462. The van der Waals surface area contributed by atoms with Gasteiger partial charge in [0, 0.05) is 12.2 Å². The van der Waals surface area contributed by atoms with Gasteiger partial charge in [0.25, 0.3) is 5.91 Å². The summed E-state index contributed by atoms with van der Waals surface area (Å²) in [5.41, 5.74) is 11.3. The first kappa shape index (κ1) is 14.3. The predicted molar refractivity (Wildman–Crippen MR) is 71.9 cm³/mol. The highest BCUT2D eigenvalue weighted by atomic mass is 19.1. The van der Waals surface area contributed by atoms with Gasteiger partial charge in [-0.3, -0.25) is 4.79 Å². The van der Waals surface area contributed by atoms with Gasteiger partial charge >= 0.3 is 0 Å². The summed E-state index contributed by atoms with van der Waals surface area (Å²) >= 11 is 0. The van der Waals surface area contributed by atoms with Crippen molar-refractivity contribution in [3.63, 3.8) is 0 Å². The highest BCUT2D eigenvalue weighted by Crippen LogP contribution is 2.23. The van der Waals surface area contributed by atoms with Gasteiger partial charge in [0.05, 0.1) is 11.3 Å². The molecule has 0 aliphatic heterocycles. The van der Waals surface area contributed by atoms with E-state index in [2.05, 4.69) is 26.1 Å². The lowest BCUT2D eigenvalue weighted by atomic mass is 9.92. The molecule has 0 spiro atoms. The number of hydrogen-bond acceptors (Lipinski definition) is 3. The Labute approximate surface area is 107 Å².